The summed E-state index contributed by atoms with van der Waals surface area (Å²) in [6, 6.07) is 0. The lowest BCUT2D eigenvalue weighted by atomic mass is 10.1. The third-order valence-electron chi connectivity index (χ3n) is 2.40. The maximum atomic E-state index is 5.41. The highest BCUT2D eigenvalue weighted by atomic mass is 35.5. The third-order valence-corrected chi connectivity index (χ3v) is 2.53. The van der Waals surface area contributed by atoms with Crippen LogP contribution >= 0.6 is 11.6 Å². The van der Waals surface area contributed by atoms with Gasteiger partial charge in [0.2, 0.25) is 0 Å². The minimum Gasteiger partial charge on any atom is -0.113 e. The Kier molecular flexibility index (Phi) is 13.9. The Morgan fingerprint density at radius 1 is 0.750 bits per heavy atom. The second kappa shape index (κ2) is 14.4. The molecule has 16 heavy (non-hydrogen) atoms. The van der Waals surface area contributed by atoms with Crippen molar-refractivity contribution >= 4 is 11.6 Å². The first-order chi connectivity index (χ1) is 7.91. The Morgan fingerprint density at radius 3 is 2.06 bits per heavy atom. The van der Waals surface area contributed by atoms with Gasteiger partial charge >= 0.3 is 0 Å². The minimum atomic E-state index is 0.416. The fourth-order valence-electron chi connectivity index (χ4n) is 1.48. The van der Waals surface area contributed by atoms with Crippen molar-refractivity contribution in [3.05, 3.63) is 0 Å². The highest BCUT2D eigenvalue weighted by Gasteiger charge is 1.88. The van der Waals surface area contributed by atoms with Gasteiger partial charge in [-0.15, -0.1) is 17.5 Å². The predicted octanol–water partition coefficient (Wildman–Crippen LogP) is 4.76. The molecule has 0 aliphatic carbocycles. The van der Waals surface area contributed by atoms with Gasteiger partial charge in [-0.3, -0.25) is 0 Å². The highest BCUT2D eigenvalue weighted by molar-refractivity contribution is 6.19. The van der Waals surface area contributed by atoms with Crippen LogP contribution in [-0.4, -0.2) is 5.88 Å². The van der Waals surface area contributed by atoms with Crippen molar-refractivity contribution in [3.63, 3.8) is 0 Å². The maximum Gasteiger partial charge on any atom is 0.0835 e. The lowest BCUT2D eigenvalue weighted by Crippen LogP contribution is -1.79. The number of hydrogen-bond donors (Lipinski definition) is 0. The molecule has 1 heteroatoms. The summed E-state index contributed by atoms with van der Waals surface area (Å²) in [6.45, 7) is 2.25. The molecule has 0 heterocycles. The lowest BCUT2D eigenvalue weighted by molar-refractivity contribution is 0.594. The maximum absolute atomic E-state index is 5.41. The van der Waals surface area contributed by atoms with E-state index in [0.717, 1.165) is 6.42 Å². The SMILES string of the molecule is CCCCCCCCCC#CCC#CCCl. The lowest BCUT2D eigenvalue weighted by Gasteiger charge is -1.97. The Balaban J connectivity index is 3.14. The first-order valence-electron chi connectivity index (χ1n) is 6.39. The summed E-state index contributed by atoms with van der Waals surface area (Å²) in [6.07, 6.45) is 11.1. The number of halogens is 1. The highest BCUT2D eigenvalue weighted by Crippen LogP contribution is 2.07. The van der Waals surface area contributed by atoms with Crippen molar-refractivity contribution in [2.24, 2.45) is 0 Å². The molecule has 0 aliphatic rings. The molecule has 0 fully saturated rings. The van der Waals surface area contributed by atoms with Crippen molar-refractivity contribution < 1.29 is 0 Å². The Morgan fingerprint density at radius 2 is 1.38 bits per heavy atom. The Hall–Kier alpha value is -0.590. The van der Waals surface area contributed by atoms with Gasteiger partial charge in [-0.25, -0.2) is 0 Å². The molecule has 0 bridgehead atoms. The van der Waals surface area contributed by atoms with E-state index in [2.05, 4.69) is 30.6 Å². The van der Waals surface area contributed by atoms with Gasteiger partial charge in [0.25, 0.3) is 0 Å². The minimum absolute atomic E-state index is 0.416. The van der Waals surface area contributed by atoms with Crippen LogP contribution in [0.3, 0.4) is 0 Å². The van der Waals surface area contributed by atoms with Crippen LogP contribution in [-0.2, 0) is 0 Å². The molecule has 0 atom stereocenters. The van der Waals surface area contributed by atoms with Crippen LogP contribution in [0, 0.1) is 23.7 Å². The van der Waals surface area contributed by atoms with Gasteiger partial charge in [0.05, 0.1) is 12.3 Å². The summed E-state index contributed by atoms with van der Waals surface area (Å²) in [4.78, 5) is 0. The van der Waals surface area contributed by atoms with E-state index in [9.17, 15) is 0 Å². The Labute approximate surface area is 106 Å². The fraction of sp³-hybridized carbons (Fsp3) is 0.733. The topological polar surface area (TPSA) is 0 Å². The van der Waals surface area contributed by atoms with Crippen molar-refractivity contribution in [1.29, 1.82) is 0 Å². The molecular weight excluding hydrogens is 216 g/mol. The van der Waals surface area contributed by atoms with Crippen LogP contribution in [0.2, 0.25) is 0 Å². The van der Waals surface area contributed by atoms with Crippen LogP contribution in [0.4, 0.5) is 0 Å². The van der Waals surface area contributed by atoms with E-state index in [-0.39, 0.29) is 0 Å². The standard InChI is InChI=1S/C15H23Cl/c1-2-3-4-5-6-7-8-9-10-11-12-13-14-15-16/h2-9,12,15H2,1H3. The largest absolute Gasteiger partial charge is 0.113 e. The third kappa shape index (κ3) is 13.4. The van der Waals surface area contributed by atoms with Gasteiger partial charge in [-0.2, -0.15) is 0 Å². The fourth-order valence-corrected chi connectivity index (χ4v) is 1.57. The second-order valence-electron chi connectivity index (χ2n) is 3.89. The molecule has 0 saturated carbocycles. The summed E-state index contributed by atoms with van der Waals surface area (Å²) < 4.78 is 0. The second-order valence-corrected chi connectivity index (χ2v) is 4.16. The molecule has 0 spiro atoms. The van der Waals surface area contributed by atoms with Gasteiger partial charge in [-0.1, -0.05) is 63.2 Å². The van der Waals surface area contributed by atoms with Gasteiger partial charge in [0.1, 0.15) is 0 Å². The molecule has 0 aromatic rings. The van der Waals surface area contributed by atoms with E-state index in [1.807, 2.05) is 0 Å². The Bertz CT molecular complexity index is 246. The summed E-state index contributed by atoms with van der Waals surface area (Å²) in [5, 5.41) is 0. The van der Waals surface area contributed by atoms with Crippen molar-refractivity contribution in [3.8, 4) is 23.7 Å². The van der Waals surface area contributed by atoms with Crippen molar-refractivity contribution in [2.45, 2.75) is 64.7 Å². The van der Waals surface area contributed by atoms with E-state index < -0.39 is 0 Å². The molecule has 0 nitrogen and oxygen atoms in total. The smallest absolute Gasteiger partial charge is 0.0835 e. The van der Waals surface area contributed by atoms with Crippen molar-refractivity contribution in [1.82, 2.24) is 0 Å². The molecule has 0 aliphatic heterocycles. The van der Waals surface area contributed by atoms with Gasteiger partial charge < -0.3 is 0 Å². The average Bonchev–Trinajstić information content (AvgIpc) is 2.31. The molecule has 0 saturated heterocycles. The number of alkyl halides is 1. The number of unbranched alkanes of at least 4 members (excludes halogenated alkanes) is 7. The van der Waals surface area contributed by atoms with E-state index in [1.54, 1.807) is 0 Å². The zero-order valence-corrected chi connectivity index (χ0v) is 11.2. The first-order valence-corrected chi connectivity index (χ1v) is 6.92. The molecule has 0 amide bonds. The first kappa shape index (κ1) is 15.4. The zero-order chi connectivity index (χ0) is 11.9. The van der Waals surface area contributed by atoms with Crippen LogP contribution in [0.25, 0.3) is 0 Å². The van der Waals surface area contributed by atoms with Crippen molar-refractivity contribution in [2.75, 3.05) is 5.88 Å². The summed E-state index contributed by atoms with van der Waals surface area (Å²) >= 11 is 5.41. The van der Waals surface area contributed by atoms with Crippen LogP contribution in [0.15, 0.2) is 0 Å². The van der Waals surface area contributed by atoms with Crippen LogP contribution < -0.4 is 0 Å². The molecule has 0 radical (unpaired) electrons. The zero-order valence-electron chi connectivity index (χ0n) is 10.4. The molecule has 0 rings (SSSR count). The van der Waals surface area contributed by atoms with Crippen LogP contribution in [0.1, 0.15) is 64.7 Å². The molecule has 90 valence electrons. The van der Waals surface area contributed by atoms with E-state index >= 15 is 0 Å². The van der Waals surface area contributed by atoms with E-state index in [1.165, 1.54) is 44.9 Å². The summed E-state index contributed by atoms with van der Waals surface area (Å²) in [7, 11) is 0. The quantitative estimate of drug-likeness (QED) is 0.341. The number of rotatable bonds is 7. The van der Waals surface area contributed by atoms with Gasteiger partial charge in [-0.05, 0) is 6.42 Å². The average molecular weight is 239 g/mol. The monoisotopic (exact) mass is 238 g/mol. The molecule has 0 unspecified atom stereocenters. The van der Waals surface area contributed by atoms with Gasteiger partial charge in [0, 0.05) is 6.42 Å². The predicted molar refractivity (Wildman–Crippen MR) is 73.5 cm³/mol. The molecule has 0 aromatic heterocycles. The van der Waals surface area contributed by atoms with Gasteiger partial charge in [0.15, 0.2) is 0 Å². The summed E-state index contributed by atoms with van der Waals surface area (Å²) in [5.41, 5.74) is 0. The van der Waals surface area contributed by atoms with E-state index in [0.29, 0.717) is 12.3 Å². The molecule has 0 N–H and O–H groups in total. The summed E-state index contributed by atoms with van der Waals surface area (Å²) in [5.74, 6) is 12.3. The molecular formula is C15H23Cl. The van der Waals surface area contributed by atoms with E-state index in [4.69, 9.17) is 11.6 Å². The normalized spacial score (nSPS) is 8.88. The number of hydrogen-bond acceptors (Lipinski definition) is 0. The molecule has 0 aromatic carbocycles. The van der Waals surface area contributed by atoms with Crippen LogP contribution in [0.5, 0.6) is 0 Å².